The molecule has 0 spiro atoms. The van der Waals surface area contributed by atoms with E-state index in [9.17, 15) is 24.6 Å². The first-order valence-corrected chi connectivity index (χ1v) is 12.1. The number of aryl methyl sites for hydroxylation is 1. The van der Waals surface area contributed by atoms with Crippen LogP contribution in [-0.2, 0) is 14.4 Å². The number of aliphatic hydroxyl groups excluding tert-OH is 1. The van der Waals surface area contributed by atoms with Crippen molar-refractivity contribution in [2.45, 2.75) is 28.8 Å². The Hall–Kier alpha value is -2.41. The van der Waals surface area contributed by atoms with Crippen molar-refractivity contribution in [2.24, 2.45) is 0 Å². The molecule has 1 fully saturated rings. The normalized spacial score (nSPS) is 21.4. The summed E-state index contributed by atoms with van der Waals surface area (Å²) < 4.78 is 0.733. The van der Waals surface area contributed by atoms with E-state index < -0.39 is 35.3 Å². The molecule has 1 aromatic carbocycles. The first-order valence-electron chi connectivity index (χ1n) is 9.23. The highest BCUT2D eigenvalue weighted by Gasteiger charge is 2.54. The van der Waals surface area contributed by atoms with Crippen molar-refractivity contribution in [1.29, 1.82) is 0 Å². The van der Waals surface area contributed by atoms with Crippen LogP contribution in [0.15, 0.2) is 45.9 Å². The average Bonchev–Trinajstić information content (AvgIpc) is 3.20. The summed E-state index contributed by atoms with van der Waals surface area (Å²) in [7, 11) is 0. The summed E-state index contributed by atoms with van der Waals surface area (Å²) in [6.07, 6.45) is -1.41. The van der Waals surface area contributed by atoms with E-state index in [0.717, 1.165) is 9.35 Å². The Morgan fingerprint density at radius 1 is 1.32 bits per heavy atom. The third-order valence-electron chi connectivity index (χ3n) is 4.79. The zero-order valence-electron chi connectivity index (χ0n) is 16.2. The van der Waals surface area contributed by atoms with Gasteiger partial charge in [0.2, 0.25) is 0 Å². The van der Waals surface area contributed by atoms with E-state index in [4.69, 9.17) is 0 Å². The number of β-lactam (4-membered cyclic amide) rings is 1. The molecule has 3 unspecified atom stereocenters. The van der Waals surface area contributed by atoms with Gasteiger partial charge in [0.1, 0.15) is 22.1 Å². The van der Waals surface area contributed by atoms with Crippen molar-refractivity contribution in [3.8, 4) is 0 Å². The van der Waals surface area contributed by atoms with Gasteiger partial charge < -0.3 is 15.5 Å². The number of carboxylic acid groups (broad SMARTS) is 1. The van der Waals surface area contributed by atoms with Crippen LogP contribution in [0.3, 0.4) is 0 Å². The number of carbonyl (C=O) groups is 3. The number of hydrogen-bond donors (Lipinski definition) is 3. The Labute approximate surface area is 189 Å². The third-order valence-corrected chi connectivity index (χ3v) is 8.19. The highest BCUT2D eigenvalue weighted by atomic mass is 32.2. The lowest BCUT2D eigenvalue weighted by atomic mass is 10.0. The number of rotatable bonds is 7. The first kappa shape index (κ1) is 21.8. The molecule has 3 N–H and O–H groups in total. The topological polar surface area (TPSA) is 133 Å². The summed E-state index contributed by atoms with van der Waals surface area (Å²) in [6, 6.07) is 7.51. The molecular weight excluding hydrogens is 460 g/mol. The lowest BCUT2D eigenvalue weighted by Gasteiger charge is -2.49. The maximum absolute atomic E-state index is 12.7. The van der Waals surface area contributed by atoms with Crippen LogP contribution in [0, 0.1) is 6.92 Å². The molecular formula is C19H18N4O5S3. The predicted octanol–water partition coefficient (Wildman–Crippen LogP) is 1.41. The van der Waals surface area contributed by atoms with Gasteiger partial charge in [0.15, 0.2) is 10.4 Å². The van der Waals surface area contributed by atoms with Crippen molar-refractivity contribution in [3.63, 3.8) is 0 Å². The number of carboxylic acids is 1. The number of amides is 2. The Balaban J connectivity index is 1.45. The number of nitrogens with zero attached hydrogens (tertiary/aromatic N) is 3. The third kappa shape index (κ3) is 4.33. The molecule has 0 saturated carbocycles. The van der Waals surface area contributed by atoms with E-state index >= 15 is 0 Å². The molecule has 2 aromatic rings. The lowest BCUT2D eigenvalue weighted by Crippen LogP contribution is -2.70. The molecule has 1 saturated heterocycles. The van der Waals surface area contributed by atoms with Crippen LogP contribution in [0.25, 0.3) is 0 Å². The SMILES string of the molecule is Cc1nnc(SCC2=C(C(=O)O)N3C(=O)C(NC(=O)C(O)c4ccccc4)C3SC2)s1. The molecule has 2 aliphatic heterocycles. The van der Waals surface area contributed by atoms with Crippen LogP contribution in [-0.4, -0.2) is 66.0 Å². The van der Waals surface area contributed by atoms with E-state index in [1.165, 1.54) is 39.8 Å². The van der Waals surface area contributed by atoms with Gasteiger partial charge in [0.05, 0.1) is 0 Å². The molecule has 0 radical (unpaired) electrons. The summed E-state index contributed by atoms with van der Waals surface area (Å²) in [5.41, 5.74) is 0.989. The first-order chi connectivity index (χ1) is 14.9. The number of aliphatic carboxylic acids is 1. The van der Waals surface area contributed by atoms with Gasteiger partial charge in [0.25, 0.3) is 11.8 Å². The summed E-state index contributed by atoms with van der Waals surface area (Å²) in [5.74, 6) is -1.59. The zero-order chi connectivity index (χ0) is 22.1. The quantitative estimate of drug-likeness (QED) is 0.399. The van der Waals surface area contributed by atoms with Crippen molar-refractivity contribution in [1.82, 2.24) is 20.4 Å². The highest BCUT2D eigenvalue weighted by molar-refractivity contribution is 8.01. The number of fused-ring (bicyclic) bond motifs is 1. The van der Waals surface area contributed by atoms with Gasteiger partial charge in [-0.05, 0) is 18.1 Å². The van der Waals surface area contributed by atoms with Gasteiger partial charge in [-0.2, -0.15) is 0 Å². The highest BCUT2D eigenvalue weighted by Crippen LogP contribution is 2.42. The van der Waals surface area contributed by atoms with Crippen molar-refractivity contribution in [2.75, 3.05) is 11.5 Å². The summed E-state index contributed by atoms with van der Waals surface area (Å²) in [5, 5.41) is 30.8. The number of thioether (sulfide) groups is 2. The molecule has 2 amide bonds. The standard InChI is InChI=1S/C19H18N4O5S3/c1-9-21-22-19(31-9)30-8-11-7-29-17-12(16(26)23(17)13(11)18(27)28)20-15(25)14(24)10-5-3-2-4-6-10/h2-6,12,14,17,24H,7-8H2,1H3,(H,20,25)(H,27,28). The molecule has 0 aliphatic carbocycles. The number of aromatic nitrogens is 2. The van der Waals surface area contributed by atoms with Gasteiger partial charge >= 0.3 is 5.97 Å². The summed E-state index contributed by atoms with van der Waals surface area (Å²) >= 11 is 4.19. The Morgan fingerprint density at radius 2 is 2.06 bits per heavy atom. The minimum atomic E-state index is -1.41. The second-order valence-corrected chi connectivity index (χ2v) is 10.4. The molecule has 0 bridgehead atoms. The number of nitrogens with one attached hydrogen (secondary N) is 1. The molecule has 12 heteroatoms. The summed E-state index contributed by atoms with van der Waals surface area (Å²) in [4.78, 5) is 38.3. The average molecular weight is 479 g/mol. The molecule has 3 heterocycles. The second kappa shape index (κ2) is 8.99. The fourth-order valence-electron chi connectivity index (χ4n) is 3.30. The largest absolute Gasteiger partial charge is 0.477 e. The molecule has 2 aliphatic rings. The van der Waals surface area contributed by atoms with Crippen LogP contribution in [0.1, 0.15) is 16.7 Å². The Bertz CT molecular complexity index is 1060. The Morgan fingerprint density at radius 3 is 2.71 bits per heavy atom. The maximum Gasteiger partial charge on any atom is 0.352 e. The van der Waals surface area contributed by atoms with Crippen molar-refractivity contribution >= 4 is 52.6 Å². The van der Waals surface area contributed by atoms with Gasteiger partial charge in [0, 0.05) is 11.5 Å². The number of hydrogen-bond acceptors (Lipinski definition) is 9. The van der Waals surface area contributed by atoms with Crippen LogP contribution in [0.5, 0.6) is 0 Å². The molecule has 9 nitrogen and oxygen atoms in total. The van der Waals surface area contributed by atoms with Crippen LogP contribution < -0.4 is 5.32 Å². The smallest absolute Gasteiger partial charge is 0.352 e. The monoisotopic (exact) mass is 478 g/mol. The van der Waals surface area contributed by atoms with Gasteiger partial charge in [-0.25, -0.2) is 4.79 Å². The van der Waals surface area contributed by atoms with Gasteiger partial charge in [-0.15, -0.1) is 22.0 Å². The van der Waals surface area contributed by atoms with E-state index in [-0.39, 0.29) is 5.70 Å². The van der Waals surface area contributed by atoms with E-state index in [1.807, 2.05) is 6.92 Å². The van der Waals surface area contributed by atoms with E-state index in [0.29, 0.717) is 22.6 Å². The molecule has 1 aromatic heterocycles. The second-order valence-electron chi connectivity index (χ2n) is 6.84. The fourth-order valence-corrected chi connectivity index (χ4v) is 6.60. The number of aliphatic hydroxyl groups is 1. The summed E-state index contributed by atoms with van der Waals surface area (Å²) in [6.45, 7) is 1.84. The predicted molar refractivity (Wildman–Crippen MR) is 116 cm³/mol. The Kier molecular flexibility index (Phi) is 6.32. The van der Waals surface area contributed by atoms with Gasteiger partial charge in [-0.1, -0.05) is 53.4 Å². The van der Waals surface area contributed by atoms with Crippen molar-refractivity contribution < 1.29 is 24.6 Å². The minimum absolute atomic E-state index is 0.0448. The molecule has 31 heavy (non-hydrogen) atoms. The zero-order valence-corrected chi connectivity index (χ0v) is 18.7. The van der Waals surface area contributed by atoms with E-state index in [1.54, 1.807) is 30.3 Å². The van der Waals surface area contributed by atoms with Gasteiger partial charge in [-0.3, -0.25) is 14.5 Å². The van der Waals surface area contributed by atoms with E-state index in [2.05, 4.69) is 15.5 Å². The van der Waals surface area contributed by atoms with Crippen molar-refractivity contribution in [3.05, 3.63) is 52.2 Å². The fraction of sp³-hybridized carbons (Fsp3) is 0.316. The molecule has 162 valence electrons. The molecule has 4 rings (SSSR count). The number of carbonyl (C=O) groups excluding carboxylic acids is 2. The number of benzene rings is 1. The van der Waals surface area contributed by atoms with Crippen LogP contribution in [0.2, 0.25) is 0 Å². The minimum Gasteiger partial charge on any atom is -0.477 e. The van der Waals surface area contributed by atoms with Crippen LogP contribution >= 0.6 is 34.9 Å². The van der Waals surface area contributed by atoms with Crippen LogP contribution in [0.4, 0.5) is 0 Å². The lowest BCUT2D eigenvalue weighted by molar-refractivity contribution is -0.151. The molecule has 3 atom stereocenters. The maximum atomic E-state index is 12.7.